The summed E-state index contributed by atoms with van der Waals surface area (Å²) in [5.74, 6) is 0.697. The van der Waals surface area contributed by atoms with Crippen molar-refractivity contribution in [2.75, 3.05) is 5.32 Å². The molecule has 3 aromatic carbocycles. The average molecular weight is 341 g/mol. The molecule has 1 aliphatic heterocycles. The second-order valence-electron chi connectivity index (χ2n) is 7.20. The van der Waals surface area contributed by atoms with Gasteiger partial charge in [0.2, 0.25) is 0 Å². The Balaban J connectivity index is 1.56. The summed E-state index contributed by atoms with van der Waals surface area (Å²) in [6.45, 7) is 0. The molecule has 26 heavy (non-hydrogen) atoms. The van der Waals surface area contributed by atoms with Gasteiger partial charge in [0, 0.05) is 11.6 Å². The predicted octanol–water partition coefficient (Wildman–Crippen LogP) is 6.32. The van der Waals surface area contributed by atoms with E-state index >= 15 is 0 Å². The Bertz CT molecular complexity index is 959. The fourth-order valence-electron chi connectivity index (χ4n) is 4.40. The molecule has 1 nitrogen and oxygen atoms in total. The summed E-state index contributed by atoms with van der Waals surface area (Å²) in [7, 11) is 0. The van der Waals surface area contributed by atoms with Crippen LogP contribution in [0.3, 0.4) is 0 Å². The van der Waals surface area contributed by atoms with E-state index in [1.165, 1.54) is 22.4 Å². The molecule has 0 aromatic heterocycles. The fraction of sp³-hybridized carbons (Fsp3) is 0.167. The lowest BCUT2D eigenvalue weighted by molar-refractivity contribution is 0.425. The van der Waals surface area contributed by atoms with Crippen LogP contribution in [-0.4, -0.2) is 0 Å². The minimum absolute atomic E-state index is 0.182. The van der Waals surface area contributed by atoms with Crippen molar-refractivity contribution in [2.24, 2.45) is 5.92 Å². The molecular weight excluding hydrogens is 321 g/mol. The first-order valence-electron chi connectivity index (χ1n) is 9.17. The van der Waals surface area contributed by atoms with Gasteiger partial charge in [0.15, 0.2) is 0 Å². The van der Waals surface area contributed by atoms with E-state index in [0.29, 0.717) is 11.8 Å². The largest absolute Gasteiger partial charge is 0.378 e. The van der Waals surface area contributed by atoms with Crippen molar-refractivity contribution in [2.45, 2.75) is 18.4 Å². The van der Waals surface area contributed by atoms with E-state index in [4.69, 9.17) is 0 Å². The lowest BCUT2D eigenvalue weighted by atomic mass is 9.76. The third-order valence-electron chi connectivity index (χ3n) is 5.70. The number of hydrogen-bond acceptors (Lipinski definition) is 1. The number of benzene rings is 3. The Kier molecular flexibility index (Phi) is 3.63. The first kappa shape index (κ1) is 15.4. The number of nitrogens with one attached hydrogen (secondary N) is 1. The minimum Gasteiger partial charge on any atom is -0.378 e. The van der Waals surface area contributed by atoms with E-state index in [1.54, 1.807) is 12.1 Å². The zero-order valence-electron chi connectivity index (χ0n) is 14.4. The number of fused-ring (bicyclic) bond motifs is 3. The highest BCUT2D eigenvalue weighted by Gasteiger charge is 2.37. The number of anilines is 1. The van der Waals surface area contributed by atoms with Crippen LogP contribution in [0.15, 0.2) is 84.9 Å². The van der Waals surface area contributed by atoms with Crippen LogP contribution in [0.2, 0.25) is 0 Å². The van der Waals surface area contributed by atoms with Gasteiger partial charge in [-0.05, 0) is 58.9 Å². The third kappa shape index (κ3) is 2.53. The summed E-state index contributed by atoms with van der Waals surface area (Å²) in [6.07, 6.45) is 5.68. The quantitative estimate of drug-likeness (QED) is 0.538. The molecule has 2 aliphatic rings. The maximum Gasteiger partial charge on any atom is 0.123 e. The highest BCUT2D eigenvalue weighted by atomic mass is 19.1. The molecule has 1 aliphatic carbocycles. The standard InChI is InChI=1S/C24H20FN/c25-19-12-9-17(10-13-19)24-21-8-4-7-20(21)22-15-18(11-14-23(22)26-24)16-5-2-1-3-6-16/h1-7,9-15,20-21,24,26H,8H2/t20-,21-,24-/m0/s1. The van der Waals surface area contributed by atoms with Crippen molar-refractivity contribution >= 4 is 5.69 Å². The van der Waals surface area contributed by atoms with Crippen molar-refractivity contribution in [1.29, 1.82) is 0 Å². The zero-order valence-corrected chi connectivity index (χ0v) is 14.4. The van der Waals surface area contributed by atoms with Gasteiger partial charge >= 0.3 is 0 Å². The zero-order chi connectivity index (χ0) is 17.5. The molecule has 0 saturated heterocycles. The first-order chi connectivity index (χ1) is 12.8. The fourth-order valence-corrected chi connectivity index (χ4v) is 4.40. The number of allylic oxidation sites excluding steroid dienone is 2. The highest BCUT2D eigenvalue weighted by Crippen LogP contribution is 2.50. The predicted molar refractivity (Wildman–Crippen MR) is 105 cm³/mol. The van der Waals surface area contributed by atoms with Gasteiger partial charge in [-0.25, -0.2) is 4.39 Å². The lowest BCUT2D eigenvalue weighted by Gasteiger charge is -2.37. The summed E-state index contributed by atoms with van der Waals surface area (Å²) in [5, 5.41) is 3.72. The lowest BCUT2D eigenvalue weighted by Crippen LogP contribution is -2.29. The molecule has 0 radical (unpaired) electrons. The van der Waals surface area contributed by atoms with Gasteiger partial charge in [0.1, 0.15) is 5.82 Å². The van der Waals surface area contributed by atoms with Crippen LogP contribution in [-0.2, 0) is 0 Å². The molecule has 2 heteroatoms. The van der Waals surface area contributed by atoms with Crippen molar-refractivity contribution in [3.8, 4) is 11.1 Å². The molecule has 3 atom stereocenters. The number of halogens is 1. The maximum absolute atomic E-state index is 13.3. The summed E-state index contributed by atoms with van der Waals surface area (Å²) >= 11 is 0. The van der Waals surface area contributed by atoms with E-state index in [1.807, 2.05) is 18.2 Å². The third-order valence-corrected chi connectivity index (χ3v) is 5.70. The summed E-state index contributed by atoms with van der Waals surface area (Å²) < 4.78 is 13.3. The van der Waals surface area contributed by atoms with Gasteiger partial charge in [-0.15, -0.1) is 0 Å². The maximum atomic E-state index is 13.3. The second-order valence-corrected chi connectivity index (χ2v) is 7.20. The topological polar surface area (TPSA) is 12.0 Å². The van der Waals surface area contributed by atoms with Crippen molar-refractivity contribution in [1.82, 2.24) is 0 Å². The smallest absolute Gasteiger partial charge is 0.123 e. The average Bonchev–Trinajstić information content (AvgIpc) is 3.19. The van der Waals surface area contributed by atoms with Crippen LogP contribution in [0.5, 0.6) is 0 Å². The van der Waals surface area contributed by atoms with Crippen LogP contribution in [0.4, 0.5) is 10.1 Å². The van der Waals surface area contributed by atoms with Crippen LogP contribution in [0, 0.1) is 11.7 Å². The number of rotatable bonds is 2. The molecule has 0 bridgehead atoms. The van der Waals surface area contributed by atoms with Crippen molar-refractivity contribution in [3.63, 3.8) is 0 Å². The molecule has 0 saturated carbocycles. The van der Waals surface area contributed by atoms with Gasteiger partial charge < -0.3 is 5.32 Å². The van der Waals surface area contributed by atoms with Gasteiger partial charge in [-0.3, -0.25) is 0 Å². The molecule has 3 aromatic rings. The normalized spacial score (nSPS) is 23.2. The molecule has 5 rings (SSSR count). The van der Waals surface area contributed by atoms with Gasteiger partial charge in [0.05, 0.1) is 6.04 Å². The molecule has 0 spiro atoms. The Morgan fingerprint density at radius 3 is 2.46 bits per heavy atom. The Morgan fingerprint density at radius 1 is 0.846 bits per heavy atom. The SMILES string of the molecule is Fc1ccc([C@@H]2Nc3ccc(-c4ccccc4)cc3[C@H]3C=CC[C@@H]32)cc1. The monoisotopic (exact) mass is 341 g/mol. The summed E-state index contributed by atoms with van der Waals surface area (Å²) in [5.41, 5.74) is 6.21. The number of hydrogen-bond donors (Lipinski definition) is 1. The Labute approximate surface area is 153 Å². The van der Waals surface area contributed by atoms with Gasteiger partial charge in [0.25, 0.3) is 0 Å². The molecule has 1 heterocycles. The van der Waals surface area contributed by atoms with Crippen LogP contribution in [0.25, 0.3) is 11.1 Å². The molecule has 0 fully saturated rings. The van der Waals surface area contributed by atoms with Gasteiger partial charge in [-0.2, -0.15) is 0 Å². The Hall–Kier alpha value is -2.87. The molecule has 128 valence electrons. The molecular formula is C24H20FN. The molecule has 0 amide bonds. The van der Waals surface area contributed by atoms with Gasteiger partial charge in [-0.1, -0.05) is 60.7 Å². The second kappa shape index (κ2) is 6.14. The van der Waals surface area contributed by atoms with E-state index < -0.39 is 0 Å². The minimum atomic E-state index is -0.182. The summed E-state index contributed by atoms with van der Waals surface area (Å²) in [4.78, 5) is 0. The van der Waals surface area contributed by atoms with Crippen molar-refractivity contribution < 1.29 is 4.39 Å². The van der Waals surface area contributed by atoms with E-state index in [0.717, 1.165) is 12.0 Å². The van der Waals surface area contributed by atoms with E-state index in [-0.39, 0.29) is 11.9 Å². The molecule has 1 N–H and O–H groups in total. The van der Waals surface area contributed by atoms with Crippen LogP contribution in [0.1, 0.15) is 29.5 Å². The van der Waals surface area contributed by atoms with Crippen LogP contribution < -0.4 is 5.32 Å². The highest BCUT2D eigenvalue weighted by molar-refractivity contribution is 5.71. The Morgan fingerprint density at radius 2 is 1.65 bits per heavy atom. The van der Waals surface area contributed by atoms with Crippen molar-refractivity contribution in [3.05, 3.63) is 102 Å². The van der Waals surface area contributed by atoms with Crippen LogP contribution >= 0.6 is 0 Å². The van der Waals surface area contributed by atoms with E-state index in [2.05, 4.69) is 59.9 Å². The molecule has 0 unspecified atom stereocenters. The van der Waals surface area contributed by atoms with E-state index in [9.17, 15) is 4.39 Å². The first-order valence-corrected chi connectivity index (χ1v) is 9.17. The summed E-state index contributed by atoms with van der Waals surface area (Å²) in [6, 6.07) is 24.4.